The number of esters is 1. The maximum Gasteiger partial charge on any atom is 0.411 e. The highest BCUT2D eigenvalue weighted by Gasteiger charge is 2.37. The molecule has 0 saturated carbocycles. The lowest BCUT2D eigenvalue weighted by Gasteiger charge is -2.27. The van der Waals surface area contributed by atoms with Crippen LogP contribution in [0.15, 0.2) is 18.2 Å². The monoisotopic (exact) mass is 396 g/mol. The molecule has 1 heterocycles. The summed E-state index contributed by atoms with van der Waals surface area (Å²) in [5.41, 5.74) is 0.760. The molecule has 1 N–H and O–H groups in total. The first kappa shape index (κ1) is 21.0. The molecule has 1 aliphatic rings. The standard InChI is InChI=1S/C19H25ClN2O5/c1-12-7-8-13(10-14(12)20)21-16(23)11-26-17(24)15-6-5-9-22(15)18(25)27-19(2,3)4/h7-8,10,15H,5-6,9,11H2,1-4H3,(H,21,23)/t15-/m0/s1. The van der Waals surface area contributed by atoms with E-state index >= 15 is 0 Å². The van der Waals surface area contributed by atoms with Gasteiger partial charge in [0, 0.05) is 17.3 Å². The molecule has 27 heavy (non-hydrogen) atoms. The highest BCUT2D eigenvalue weighted by atomic mass is 35.5. The number of hydrogen-bond donors (Lipinski definition) is 1. The number of carbonyl (C=O) groups is 3. The first-order chi connectivity index (χ1) is 12.6. The average Bonchev–Trinajstić information content (AvgIpc) is 3.04. The summed E-state index contributed by atoms with van der Waals surface area (Å²) < 4.78 is 10.4. The molecule has 1 aromatic rings. The van der Waals surface area contributed by atoms with Crippen molar-refractivity contribution >= 4 is 35.3 Å². The Hall–Kier alpha value is -2.28. The number of nitrogens with zero attached hydrogens (tertiary/aromatic N) is 1. The number of benzene rings is 1. The Morgan fingerprint density at radius 3 is 2.63 bits per heavy atom. The lowest BCUT2D eigenvalue weighted by atomic mass is 10.2. The van der Waals surface area contributed by atoms with Gasteiger partial charge in [-0.3, -0.25) is 9.69 Å². The Bertz CT molecular complexity index is 729. The number of aryl methyl sites for hydroxylation is 1. The first-order valence-electron chi connectivity index (χ1n) is 8.79. The van der Waals surface area contributed by atoms with E-state index in [1.165, 1.54) is 4.90 Å². The van der Waals surface area contributed by atoms with E-state index in [1.807, 2.05) is 6.92 Å². The second-order valence-electron chi connectivity index (χ2n) is 7.45. The molecule has 1 aromatic carbocycles. The topological polar surface area (TPSA) is 84.9 Å². The Kier molecular flexibility index (Phi) is 6.70. The van der Waals surface area contributed by atoms with Crippen LogP contribution in [-0.2, 0) is 19.1 Å². The third-order valence-corrected chi connectivity index (χ3v) is 4.36. The van der Waals surface area contributed by atoms with Gasteiger partial charge in [-0.1, -0.05) is 17.7 Å². The van der Waals surface area contributed by atoms with Crippen molar-refractivity contribution in [1.29, 1.82) is 0 Å². The van der Waals surface area contributed by atoms with Crippen molar-refractivity contribution in [3.8, 4) is 0 Å². The second kappa shape index (κ2) is 8.61. The molecule has 2 rings (SSSR count). The van der Waals surface area contributed by atoms with Crippen LogP contribution >= 0.6 is 11.6 Å². The fourth-order valence-corrected chi connectivity index (χ4v) is 2.83. The van der Waals surface area contributed by atoms with E-state index in [2.05, 4.69) is 5.32 Å². The molecule has 2 amide bonds. The Labute approximate surface area is 163 Å². The first-order valence-corrected chi connectivity index (χ1v) is 9.17. The van der Waals surface area contributed by atoms with Gasteiger partial charge in [0.15, 0.2) is 6.61 Å². The third-order valence-electron chi connectivity index (χ3n) is 3.95. The number of amides is 2. The van der Waals surface area contributed by atoms with E-state index in [0.717, 1.165) is 5.56 Å². The molecule has 1 saturated heterocycles. The summed E-state index contributed by atoms with van der Waals surface area (Å²) in [6, 6.07) is 4.38. The van der Waals surface area contributed by atoms with Crippen molar-refractivity contribution in [2.75, 3.05) is 18.5 Å². The quantitative estimate of drug-likeness (QED) is 0.787. The van der Waals surface area contributed by atoms with Gasteiger partial charge < -0.3 is 14.8 Å². The number of halogens is 1. The summed E-state index contributed by atoms with van der Waals surface area (Å²) in [7, 11) is 0. The number of rotatable bonds is 4. The van der Waals surface area contributed by atoms with E-state index in [-0.39, 0.29) is 0 Å². The summed E-state index contributed by atoms with van der Waals surface area (Å²) in [4.78, 5) is 37.9. The van der Waals surface area contributed by atoms with Crippen LogP contribution in [0.1, 0.15) is 39.2 Å². The van der Waals surface area contributed by atoms with E-state index in [4.69, 9.17) is 21.1 Å². The van der Waals surface area contributed by atoms with Gasteiger partial charge in [-0.15, -0.1) is 0 Å². The van der Waals surface area contributed by atoms with E-state index in [0.29, 0.717) is 30.1 Å². The molecular formula is C19H25ClN2O5. The molecule has 1 atom stereocenters. The van der Waals surface area contributed by atoms with Crippen LogP contribution in [0.5, 0.6) is 0 Å². The molecule has 0 radical (unpaired) electrons. The lowest BCUT2D eigenvalue weighted by molar-refractivity contribution is -0.151. The maximum atomic E-state index is 12.3. The summed E-state index contributed by atoms with van der Waals surface area (Å²) >= 11 is 6.02. The largest absolute Gasteiger partial charge is 0.454 e. The highest BCUT2D eigenvalue weighted by Crippen LogP contribution is 2.22. The number of anilines is 1. The van der Waals surface area contributed by atoms with Crippen LogP contribution in [-0.4, -0.2) is 47.7 Å². The van der Waals surface area contributed by atoms with Crippen molar-refractivity contribution in [2.24, 2.45) is 0 Å². The van der Waals surface area contributed by atoms with Crippen molar-refractivity contribution in [3.05, 3.63) is 28.8 Å². The van der Waals surface area contributed by atoms with Gasteiger partial charge in [0.1, 0.15) is 11.6 Å². The van der Waals surface area contributed by atoms with Gasteiger partial charge in [-0.2, -0.15) is 0 Å². The van der Waals surface area contributed by atoms with Crippen LogP contribution in [0.2, 0.25) is 5.02 Å². The van der Waals surface area contributed by atoms with E-state index in [9.17, 15) is 14.4 Å². The molecule has 148 valence electrons. The molecule has 1 aliphatic heterocycles. The van der Waals surface area contributed by atoms with Crippen molar-refractivity contribution in [3.63, 3.8) is 0 Å². The molecule has 0 bridgehead atoms. The number of carbonyl (C=O) groups excluding carboxylic acids is 3. The van der Waals surface area contributed by atoms with Crippen LogP contribution in [0.25, 0.3) is 0 Å². The molecule has 0 spiro atoms. The molecule has 0 aliphatic carbocycles. The number of nitrogens with one attached hydrogen (secondary N) is 1. The highest BCUT2D eigenvalue weighted by molar-refractivity contribution is 6.31. The zero-order valence-electron chi connectivity index (χ0n) is 16.0. The predicted molar refractivity (Wildman–Crippen MR) is 102 cm³/mol. The normalized spacial score (nSPS) is 16.8. The van der Waals surface area contributed by atoms with Gasteiger partial charge >= 0.3 is 12.1 Å². The van der Waals surface area contributed by atoms with Gasteiger partial charge in [-0.25, -0.2) is 9.59 Å². The van der Waals surface area contributed by atoms with Gasteiger partial charge in [0.2, 0.25) is 0 Å². The minimum Gasteiger partial charge on any atom is -0.454 e. The zero-order chi connectivity index (χ0) is 20.2. The number of hydrogen-bond acceptors (Lipinski definition) is 5. The van der Waals surface area contributed by atoms with Crippen LogP contribution < -0.4 is 5.32 Å². The maximum absolute atomic E-state index is 12.3. The second-order valence-corrected chi connectivity index (χ2v) is 7.86. The van der Waals surface area contributed by atoms with Gasteiger partial charge in [0.25, 0.3) is 5.91 Å². The Morgan fingerprint density at radius 1 is 1.30 bits per heavy atom. The van der Waals surface area contributed by atoms with Gasteiger partial charge in [-0.05, 0) is 58.2 Å². The van der Waals surface area contributed by atoms with Gasteiger partial charge in [0.05, 0.1) is 0 Å². The molecule has 0 aromatic heterocycles. The molecule has 7 nitrogen and oxygen atoms in total. The molecule has 1 fully saturated rings. The van der Waals surface area contributed by atoms with Crippen molar-refractivity contribution in [1.82, 2.24) is 4.90 Å². The third kappa shape index (κ3) is 6.13. The van der Waals surface area contributed by atoms with E-state index in [1.54, 1.807) is 39.0 Å². The predicted octanol–water partition coefficient (Wildman–Crippen LogP) is 3.53. The van der Waals surface area contributed by atoms with Crippen molar-refractivity contribution in [2.45, 2.75) is 52.2 Å². The van der Waals surface area contributed by atoms with Crippen LogP contribution in [0.3, 0.4) is 0 Å². The van der Waals surface area contributed by atoms with E-state index < -0.39 is 36.2 Å². The minimum absolute atomic E-state index is 0.419. The zero-order valence-corrected chi connectivity index (χ0v) is 16.8. The molecule has 0 unspecified atom stereocenters. The number of likely N-dealkylation sites (tertiary alicyclic amines) is 1. The fourth-order valence-electron chi connectivity index (χ4n) is 2.65. The Morgan fingerprint density at radius 2 is 2.00 bits per heavy atom. The summed E-state index contributed by atoms with van der Waals surface area (Å²) in [6.45, 7) is 7.11. The molecular weight excluding hydrogens is 372 g/mol. The number of ether oxygens (including phenoxy) is 2. The van der Waals surface area contributed by atoms with Crippen LogP contribution in [0.4, 0.5) is 10.5 Å². The lowest BCUT2D eigenvalue weighted by Crippen LogP contribution is -2.44. The van der Waals surface area contributed by atoms with Crippen LogP contribution in [0, 0.1) is 6.92 Å². The summed E-state index contributed by atoms with van der Waals surface area (Å²) in [5.74, 6) is -1.10. The summed E-state index contributed by atoms with van der Waals surface area (Å²) in [5, 5.41) is 3.15. The molecule has 8 heteroatoms. The smallest absolute Gasteiger partial charge is 0.411 e. The summed E-state index contributed by atoms with van der Waals surface area (Å²) in [6.07, 6.45) is 0.598. The fraction of sp³-hybridized carbons (Fsp3) is 0.526. The van der Waals surface area contributed by atoms with Crippen molar-refractivity contribution < 1.29 is 23.9 Å². The average molecular weight is 397 g/mol. The Balaban J connectivity index is 1.87. The minimum atomic E-state index is -0.735. The SMILES string of the molecule is Cc1ccc(NC(=O)COC(=O)[C@@H]2CCCN2C(=O)OC(C)(C)C)cc1Cl.